The molecule has 3 aromatic carbocycles. The molecule has 0 bridgehead atoms. The Kier molecular flexibility index (Phi) is 4.28. The monoisotopic (exact) mass is 341 g/mol. The van der Waals surface area contributed by atoms with Crippen LogP contribution in [-0.4, -0.2) is 5.78 Å². The lowest BCUT2D eigenvalue weighted by atomic mass is 10.1. The van der Waals surface area contributed by atoms with Crippen LogP contribution in [0.2, 0.25) is 0 Å². The Morgan fingerprint density at radius 1 is 0.885 bits per heavy atom. The molecule has 1 aromatic heterocycles. The first-order chi connectivity index (χ1) is 12.7. The minimum atomic E-state index is -0.117. The van der Waals surface area contributed by atoms with Crippen molar-refractivity contribution in [1.29, 1.82) is 0 Å². The molecule has 0 fully saturated rings. The van der Waals surface area contributed by atoms with Gasteiger partial charge in [-0.05, 0) is 30.2 Å². The third kappa shape index (κ3) is 3.00. The molecule has 0 aliphatic rings. The summed E-state index contributed by atoms with van der Waals surface area (Å²) in [5.41, 5.74) is 4.47. The number of carbonyl (C=O) groups is 1. The number of carbonyl (C=O) groups excluding carboxylic acids is 1. The molecule has 3 nitrogen and oxygen atoms in total. The van der Waals surface area contributed by atoms with Gasteiger partial charge in [0.1, 0.15) is 5.58 Å². The lowest BCUT2D eigenvalue weighted by molar-refractivity contribution is 0.101. The first-order valence-electron chi connectivity index (χ1n) is 8.63. The SMILES string of the molecule is Cc1ccccc1CNc1c(C(=O)c2ccccc2)oc2ccccc12. The van der Waals surface area contributed by atoms with Crippen molar-refractivity contribution in [3.05, 3.63) is 101 Å². The van der Waals surface area contributed by atoms with Gasteiger partial charge in [0, 0.05) is 17.5 Å². The van der Waals surface area contributed by atoms with Crippen LogP contribution >= 0.6 is 0 Å². The number of aryl methyl sites for hydroxylation is 1. The molecule has 0 saturated heterocycles. The molecule has 0 spiro atoms. The maximum Gasteiger partial charge on any atom is 0.230 e. The molecule has 1 heterocycles. The smallest absolute Gasteiger partial charge is 0.230 e. The van der Waals surface area contributed by atoms with Gasteiger partial charge >= 0.3 is 0 Å². The second-order valence-corrected chi connectivity index (χ2v) is 6.28. The zero-order valence-electron chi connectivity index (χ0n) is 14.5. The van der Waals surface area contributed by atoms with E-state index in [1.54, 1.807) is 12.1 Å². The van der Waals surface area contributed by atoms with E-state index < -0.39 is 0 Å². The van der Waals surface area contributed by atoms with Crippen molar-refractivity contribution < 1.29 is 9.21 Å². The maximum absolute atomic E-state index is 13.0. The first-order valence-corrected chi connectivity index (χ1v) is 8.63. The Bertz CT molecular complexity index is 1060. The molecule has 0 aliphatic carbocycles. The number of fused-ring (bicyclic) bond motifs is 1. The molecule has 3 heteroatoms. The molecule has 0 aliphatic heterocycles. The molecule has 4 aromatic rings. The van der Waals surface area contributed by atoms with Gasteiger partial charge in [-0.2, -0.15) is 0 Å². The lowest BCUT2D eigenvalue weighted by Crippen LogP contribution is -2.07. The van der Waals surface area contributed by atoms with Crippen LogP contribution in [0.15, 0.2) is 83.3 Å². The van der Waals surface area contributed by atoms with Crippen LogP contribution in [-0.2, 0) is 6.54 Å². The Labute approximate surface area is 152 Å². The third-order valence-corrected chi connectivity index (χ3v) is 4.55. The van der Waals surface area contributed by atoms with Gasteiger partial charge in [0.2, 0.25) is 5.78 Å². The molecule has 1 N–H and O–H groups in total. The first kappa shape index (κ1) is 16.2. The van der Waals surface area contributed by atoms with Gasteiger partial charge in [0.15, 0.2) is 5.76 Å². The normalized spacial score (nSPS) is 10.8. The van der Waals surface area contributed by atoms with Crippen molar-refractivity contribution >= 4 is 22.4 Å². The summed E-state index contributed by atoms with van der Waals surface area (Å²) >= 11 is 0. The summed E-state index contributed by atoms with van der Waals surface area (Å²) in [5, 5.41) is 4.35. The number of rotatable bonds is 5. The number of hydrogen-bond donors (Lipinski definition) is 1. The molecule has 128 valence electrons. The minimum absolute atomic E-state index is 0.117. The number of nitrogens with one attached hydrogen (secondary N) is 1. The van der Waals surface area contributed by atoms with Crippen LogP contribution < -0.4 is 5.32 Å². The molecule has 26 heavy (non-hydrogen) atoms. The molecule has 0 unspecified atom stereocenters. The van der Waals surface area contributed by atoms with Crippen LogP contribution in [0.3, 0.4) is 0 Å². The molecular formula is C23H19NO2. The number of para-hydroxylation sites is 1. The van der Waals surface area contributed by atoms with Gasteiger partial charge in [-0.25, -0.2) is 0 Å². The topological polar surface area (TPSA) is 42.2 Å². The van der Waals surface area contributed by atoms with Gasteiger partial charge in [-0.3, -0.25) is 4.79 Å². The summed E-state index contributed by atoms with van der Waals surface area (Å²) < 4.78 is 5.92. The van der Waals surface area contributed by atoms with E-state index in [9.17, 15) is 4.79 Å². The zero-order valence-corrected chi connectivity index (χ0v) is 14.5. The van der Waals surface area contributed by atoms with Crippen molar-refractivity contribution in [2.75, 3.05) is 5.32 Å². The summed E-state index contributed by atoms with van der Waals surface area (Å²) in [7, 11) is 0. The number of furan rings is 1. The number of ketones is 1. The van der Waals surface area contributed by atoms with E-state index in [4.69, 9.17) is 4.42 Å². The van der Waals surface area contributed by atoms with Gasteiger partial charge in [-0.1, -0.05) is 66.7 Å². The Balaban J connectivity index is 1.75. The average molecular weight is 341 g/mol. The second-order valence-electron chi connectivity index (χ2n) is 6.28. The van der Waals surface area contributed by atoms with E-state index >= 15 is 0 Å². The largest absolute Gasteiger partial charge is 0.450 e. The average Bonchev–Trinajstić information content (AvgIpc) is 3.06. The summed E-state index contributed by atoms with van der Waals surface area (Å²) in [4.78, 5) is 13.0. The van der Waals surface area contributed by atoms with E-state index in [1.165, 1.54) is 11.1 Å². The molecule has 4 rings (SSSR count). The highest BCUT2D eigenvalue weighted by Crippen LogP contribution is 2.33. The Hall–Kier alpha value is -3.33. The number of benzene rings is 3. The van der Waals surface area contributed by atoms with E-state index in [2.05, 4.69) is 24.4 Å². The number of hydrogen-bond acceptors (Lipinski definition) is 3. The van der Waals surface area contributed by atoms with Crippen molar-refractivity contribution in [3.8, 4) is 0 Å². The van der Waals surface area contributed by atoms with Gasteiger partial charge in [0.05, 0.1) is 5.69 Å². The van der Waals surface area contributed by atoms with Crippen LogP contribution in [0.25, 0.3) is 11.0 Å². The van der Waals surface area contributed by atoms with Crippen LogP contribution in [0, 0.1) is 6.92 Å². The Morgan fingerprint density at radius 2 is 1.58 bits per heavy atom. The highest BCUT2D eigenvalue weighted by Gasteiger charge is 2.21. The fourth-order valence-corrected chi connectivity index (χ4v) is 3.09. The van der Waals surface area contributed by atoms with Crippen LogP contribution in [0.1, 0.15) is 27.2 Å². The predicted octanol–water partition coefficient (Wildman–Crippen LogP) is 5.58. The summed E-state index contributed by atoms with van der Waals surface area (Å²) in [5.74, 6) is 0.236. The predicted molar refractivity (Wildman–Crippen MR) is 105 cm³/mol. The molecular weight excluding hydrogens is 322 g/mol. The third-order valence-electron chi connectivity index (χ3n) is 4.55. The quantitative estimate of drug-likeness (QED) is 0.482. The van der Waals surface area contributed by atoms with E-state index in [1.807, 2.05) is 54.6 Å². The summed E-state index contributed by atoms with van der Waals surface area (Å²) in [6, 6.07) is 25.2. The summed E-state index contributed by atoms with van der Waals surface area (Å²) in [6.07, 6.45) is 0. The van der Waals surface area contributed by atoms with Crippen molar-refractivity contribution in [1.82, 2.24) is 0 Å². The van der Waals surface area contributed by atoms with Crippen molar-refractivity contribution in [3.63, 3.8) is 0 Å². The fourth-order valence-electron chi connectivity index (χ4n) is 3.09. The highest BCUT2D eigenvalue weighted by molar-refractivity contribution is 6.14. The van der Waals surface area contributed by atoms with E-state index in [0.29, 0.717) is 23.5 Å². The Morgan fingerprint density at radius 3 is 2.38 bits per heavy atom. The lowest BCUT2D eigenvalue weighted by Gasteiger charge is -2.09. The molecule has 0 radical (unpaired) electrons. The summed E-state index contributed by atoms with van der Waals surface area (Å²) in [6.45, 7) is 2.71. The highest BCUT2D eigenvalue weighted by atomic mass is 16.3. The standard InChI is InChI=1S/C23H19NO2/c1-16-9-5-6-12-18(16)15-24-21-19-13-7-8-14-20(19)26-23(21)22(25)17-10-3-2-4-11-17/h2-14,24H,15H2,1H3. The van der Waals surface area contributed by atoms with Crippen LogP contribution in [0.5, 0.6) is 0 Å². The van der Waals surface area contributed by atoms with Gasteiger partial charge in [0.25, 0.3) is 0 Å². The van der Waals surface area contributed by atoms with Gasteiger partial charge in [-0.15, -0.1) is 0 Å². The zero-order chi connectivity index (χ0) is 17.9. The van der Waals surface area contributed by atoms with Crippen molar-refractivity contribution in [2.24, 2.45) is 0 Å². The molecule has 0 atom stereocenters. The fraction of sp³-hybridized carbons (Fsp3) is 0.0870. The minimum Gasteiger partial charge on any atom is -0.450 e. The second kappa shape index (κ2) is 6.89. The van der Waals surface area contributed by atoms with Crippen LogP contribution in [0.4, 0.5) is 5.69 Å². The van der Waals surface area contributed by atoms with Gasteiger partial charge < -0.3 is 9.73 Å². The number of anilines is 1. The van der Waals surface area contributed by atoms with Crippen molar-refractivity contribution in [2.45, 2.75) is 13.5 Å². The maximum atomic E-state index is 13.0. The molecule has 0 saturated carbocycles. The van der Waals surface area contributed by atoms with E-state index in [-0.39, 0.29) is 5.78 Å². The molecule has 0 amide bonds. The van der Waals surface area contributed by atoms with E-state index in [0.717, 1.165) is 11.1 Å².